The standard InChI is InChI=1S/C24H21N3O4S/c1-17(18-9-3-2-4-10-18)24-20(19-11-5-6-12-21(19)26-24)15-16-25-32(30,31)23-14-8-7-13-22(23)27(28)29/h2-14,25-26H,1,15-16H2. The van der Waals surface area contributed by atoms with Crippen molar-refractivity contribution in [1.29, 1.82) is 0 Å². The summed E-state index contributed by atoms with van der Waals surface area (Å²) in [6.45, 7) is 4.32. The van der Waals surface area contributed by atoms with Gasteiger partial charge < -0.3 is 4.98 Å². The van der Waals surface area contributed by atoms with Gasteiger partial charge in [0.15, 0.2) is 4.90 Å². The fourth-order valence-electron chi connectivity index (χ4n) is 3.72. The van der Waals surface area contributed by atoms with E-state index in [2.05, 4.69) is 16.3 Å². The van der Waals surface area contributed by atoms with Crippen molar-refractivity contribution in [1.82, 2.24) is 9.71 Å². The zero-order chi connectivity index (χ0) is 22.7. The lowest BCUT2D eigenvalue weighted by Crippen LogP contribution is -2.26. The molecule has 3 aromatic carbocycles. The zero-order valence-electron chi connectivity index (χ0n) is 17.1. The van der Waals surface area contributed by atoms with Gasteiger partial charge in [-0.25, -0.2) is 13.1 Å². The number of aromatic amines is 1. The molecule has 1 aromatic heterocycles. The summed E-state index contributed by atoms with van der Waals surface area (Å²) in [4.78, 5) is 13.6. The van der Waals surface area contributed by atoms with Crippen LogP contribution in [0.3, 0.4) is 0 Å². The number of fused-ring (bicyclic) bond motifs is 1. The molecule has 0 radical (unpaired) electrons. The van der Waals surface area contributed by atoms with Gasteiger partial charge >= 0.3 is 0 Å². The van der Waals surface area contributed by atoms with Crippen molar-refractivity contribution in [3.8, 4) is 0 Å². The Kier molecular flexibility index (Phi) is 5.89. The smallest absolute Gasteiger partial charge is 0.289 e. The predicted molar refractivity (Wildman–Crippen MR) is 125 cm³/mol. The first-order valence-corrected chi connectivity index (χ1v) is 11.4. The number of hydrogen-bond acceptors (Lipinski definition) is 4. The summed E-state index contributed by atoms with van der Waals surface area (Å²) in [6.07, 6.45) is 0.380. The highest BCUT2D eigenvalue weighted by atomic mass is 32.2. The van der Waals surface area contributed by atoms with E-state index in [1.54, 1.807) is 0 Å². The normalized spacial score (nSPS) is 11.5. The first-order chi connectivity index (χ1) is 15.4. The second-order valence-corrected chi connectivity index (χ2v) is 8.98. The molecule has 8 heteroatoms. The molecule has 2 N–H and O–H groups in total. The molecule has 0 atom stereocenters. The van der Waals surface area contributed by atoms with Crippen LogP contribution in [0.15, 0.2) is 90.3 Å². The van der Waals surface area contributed by atoms with Crippen LogP contribution in [-0.2, 0) is 16.4 Å². The van der Waals surface area contributed by atoms with E-state index in [9.17, 15) is 18.5 Å². The van der Waals surface area contributed by atoms with Crippen LogP contribution in [0.1, 0.15) is 16.8 Å². The maximum Gasteiger partial charge on any atom is 0.289 e. The SMILES string of the molecule is C=C(c1ccccc1)c1[nH]c2ccccc2c1CCNS(=O)(=O)c1ccccc1[N+](=O)[O-]. The average molecular weight is 448 g/mol. The highest BCUT2D eigenvalue weighted by molar-refractivity contribution is 7.89. The van der Waals surface area contributed by atoms with Gasteiger partial charge in [-0.1, -0.05) is 67.2 Å². The van der Waals surface area contributed by atoms with E-state index in [4.69, 9.17) is 0 Å². The molecule has 0 saturated carbocycles. The maximum absolute atomic E-state index is 12.7. The number of para-hydroxylation sites is 2. The van der Waals surface area contributed by atoms with Crippen molar-refractivity contribution in [2.75, 3.05) is 6.54 Å². The number of rotatable bonds is 8. The first kappa shape index (κ1) is 21.5. The number of nitrogens with one attached hydrogen (secondary N) is 2. The first-order valence-electron chi connectivity index (χ1n) is 9.96. The Morgan fingerprint density at radius 2 is 1.62 bits per heavy atom. The summed E-state index contributed by atoms with van der Waals surface area (Å²) in [5.74, 6) is 0. The fourth-order valence-corrected chi connectivity index (χ4v) is 4.93. The minimum absolute atomic E-state index is 0.0747. The third-order valence-electron chi connectivity index (χ3n) is 5.26. The summed E-state index contributed by atoms with van der Waals surface area (Å²) in [7, 11) is -4.05. The number of hydrogen-bond donors (Lipinski definition) is 2. The molecule has 1 heterocycles. The molecule has 0 amide bonds. The number of H-pyrrole nitrogens is 1. The summed E-state index contributed by atoms with van der Waals surface area (Å²) >= 11 is 0. The topological polar surface area (TPSA) is 105 Å². The third-order valence-corrected chi connectivity index (χ3v) is 6.76. The number of aromatic nitrogens is 1. The van der Waals surface area contributed by atoms with E-state index < -0.39 is 20.6 Å². The van der Waals surface area contributed by atoms with E-state index in [0.29, 0.717) is 6.42 Å². The highest BCUT2D eigenvalue weighted by Crippen LogP contribution is 2.31. The number of nitrogens with zero attached hydrogens (tertiary/aromatic N) is 1. The van der Waals surface area contributed by atoms with Gasteiger partial charge in [-0.3, -0.25) is 10.1 Å². The summed E-state index contributed by atoms with van der Waals surface area (Å²) in [5, 5.41) is 12.2. The molecular weight excluding hydrogens is 426 g/mol. The van der Waals surface area contributed by atoms with E-state index in [-0.39, 0.29) is 11.4 Å². The van der Waals surface area contributed by atoms with Crippen LogP contribution in [0.4, 0.5) is 5.69 Å². The average Bonchev–Trinajstić information content (AvgIpc) is 3.17. The van der Waals surface area contributed by atoms with Gasteiger partial charge in [-0.2, -0.15) is 0 Å². The largest absolute Gasteiger partial charge is 0.354 e. The number of nitro groups is 1. The Morgan fingerprint density at radius 3 is 2.38 bits per heavy atom. The molecule has 0 aliphatic carbocycles. The van der Waals surface area contributed by atoms with Gasteiger partial charge in [0.2, 0.25) is 10.0 Å². The van der Waals surface area contributed by atoms with Crippen LogP contribution >= 0.6 is 0 Å². The lowest BCUT2D eigenvalue weighted by Gasteiger charge is -2.10. The lowest BCUT2D eigenvalue weighted by atomic mass is 9.99. The highest BCUT2D eigenvalue weighted by Gasteiger charge is 2.25. The van der Waals surface area contributed by atoms with Crippen molar-refractivity contribution in [2.24, 2.45) is 0 Å². The number of benzene rings is 3. The summed E-state index contributed by atoms with van der Waals surface area (Å²) in [5.41, 5.74) is 4.00. The lowest BCUT2D eigenvalue weighted by molar-refractivity contribution is -0.387. The number of sulfonamides is 1. The van der Waals surface area contributed by atoms with E-state index in [1.807, 2.05) is 54.6 Å². The van der Waals surface area contributed by atoms with Gasteiger partial charge in [0.1, 0.15) is 0 Å². The summed E-state index contributed by atoms with van der Waals surface area (Å²) < 4.78 is 28.0. The molecular formula is C24H21N3O4S. The summed E-state index contributed by atoms with van der Waals surface area (Å²) in [6, 6.07) is 22.8. The molecule has 0 spiro atoms. The van der Waals surface area contributed by atoms with Gasteiger partial charge in [0.05, 0.1) is 4.92 Å². The van der Waals surface area contributed by atoms with Crippen LogP contribution in [0.25, 0.3) is 16.5 Å². The van der Waals surface area contributed by atoms with Crippen molar-refractivity contribution < 1.29 is 13.3 Å². The molecule has 0 aliphatic heterocycles. The molecule has 4 aromatic rings. The minimum Gasteiger partial charge on any atom is -0.354 e. The van der Waals surface area contributed by atoms with Crippen molar-refractivity contribution in [2.45, 2.75) is 11.3 Å². The van der Waals surface area contributed by atoms with Gasteiger partial charge in [-0.05, 0) is 35.3 Å². The van der Waals surface area contributed by atoms with Crippen LogP contribution < -0.4 is 4.72 Å². The molecule has 32 heavy (non-hydrogen) atoms. The van der Waals surface area contributed by atoms with E-state index in [0.717, 1.165) is 33.3 Å². The molecule has 4 rings (SSSR count). The van der Waals surface area contributed by atoms with Crippen molar-refractivity contribution >= 4 is 32.2 Å². The zero-order valence-corrected chi connectivity index (χ0v) is 17.9. The third kappa shape index (κ3) is 4.18. The van der Waals surface area contributed by atoms with Crippen LogP contribution in [0.5, 0.6) is 0 Å². The Morgan fingerprint density at radius 1 is 0.969 bits per heavy atom. The van der Waals surface area contributed by atoms with Gasteiger partial charge in [0, 0.05) is 29.2 Å². The molecule has 0 bridgehead atoms. The van der Waals surface area contributed by atoms with Crippen LogP contribution in [-0.4, -0.2) is 24.9 Å². The van der Waals surface area contributed by atoms with Crippen LogP contribution in [0, 0.1) is 10.1 Å². The van der Waals surface area contributed by atoms with Gasteiger partial charge in [0.25, 0.3) is 5.69 Å². The molecule has 0 aliphatic rings. The molecule has 7 nitrogen and oxygen atoms in total. The Hall–Kier alpha value is -3.75. The molecule has 0 saturated heterocycles. The Bertz CT molecular complexity index is 1410. The monoisotopic (exact) mass is 447 g/mol. The fraction of sp³-hybridized carbons (Fsp3) is 0.0833. The molecule has 0 fully saturated rings. The predicted octanol–water partition coefficient (Wildman–Crippen LogP) is 4.66. The van der Waals surface area contributed by atoms with Crippen LogP contribution in [0.2, 0.25) is 0 Å². The van der Waals surface area contributed by atoms with E-state index in [1.165, 1.54) is 24.3 Å². The van der Waals surface area contributed by atoms with Crippen molar-refractivity contribution in [3.63, 3.8) is 0 Å². The Balaban J connectivity index is 1.63. The van der Waals surface area contributed by atoms with Crippen molar-refractivity contribution in [3.05, 3.63) is 112 Å². The van der Waals surface area contributed by atoms with Gasteiger partial charge in [-0.15, -0.1) is 0 Å². The quantitative estimate of drug-likeness (QED) is 0.303. The maximum atomic E-state index is 12.7. The molecule has 0 unspecified atom stereocenters. The molecule has 162 valence electrons. The number of nitro benzene ring substituents is 1. The second-order valence-electron chi connectivity index (χ2n) is 7.24. The Labute approximate surface area is 185 Å². The minimum atomic E-state index is -4.05. The second kappa shape index (κ2) is 8.78. The van der Waals surface area contributed by atoms with E-state index >= 15 is 0 Å².